The maximum absolute atomic E-state index is 2.41. The van der Waals surface area contributed by atoms with Crippen LogP contribution in [-0.4, -0.2) is 0 Å². The standard InChI is InChI=1S/C13H18/c1-10(2)12-9-5-7-11-6-3-4-8-13(11)12/h3,5-6,9-10,12H,4,7-8H2,1-2H3. The molecule has 1 unspecified atom stereocenters. The summed E-state index contributed by atoms with van der Waals surface area (Å²) in [6, 6.07) is 0. The third kappa shape index (κ3) is 1.63. The second-order valence-electron chi connectivity index (χ2n) is 4.39. The zero-order chi connectivity index (χ0) is 9.26. The average Bonchev–Trinajstić information content (AvgIpc) is 2.17. The van der Waals surface area contributed by atoms with Crippen LogP contribution in [0, 0.1) is 11.8 Å². The van der Waals surface area contributed by atoms with E-state index in [-0.39, 0.29) is 0 Å². The van der Waals surface area contributed by atoms with Gasteiger partial charge in [0.15, 0.2) is 0 Å². The lowest BCUT2D eigenvalue weighted by Crippen LogP contribution is -2.15. The average molecular weight is 174 g/mol. The summed E-state index contributed by atoms with van der Waals surface area (Å²) in [5, 5.41) is 0. The highest BCUT2D eigenvalue weighted by Gasteiger charge is 2.21. The fourth-order valence-electron chi connectivity index (χ4n) is 2.39. The molecule has 0 radical (unpaired) electrons. The minimum atomic E-state index is 0.716. The first-order valence-corrected chi connectivity index (χ1v) is 5.34. The minimum absolute atomic E-state index is 0.716. The molecule has 0 heterocycles. The number of hydrogen-bond donors (Lipinski definition) is 0. The summed E-state index contributed by atoms with van der Waals surface area (Å²) in [7, 11) is 0. The summed E-state index contributed by atoms with van der Waals surface area (Å²) < 4.78 is 0. The van der Waals surface area contributed by atoms with Crippen molar-refractivity contribution in [3.8, 4) is 0 Å². The Balaban J connectivity index is 2.28. The molecule has 1 atom stereocenters. The predicted molar refractivity (Wildman–Crippen MR) is 57.5 cm³/mol. The van der Waals surface area contributed by atoms with Gasteiger partial charge in [0.2, 0.25) is 0 Å². The molecule has 0 spiro atoms. The third-order valence-corrected chi connectivity index (χ3v) is 3.11. The second kappa shape index (κ2) is 3.53. The highest BCUT2D eigenvalue weighted by molar-refractivity contribution is 5.37. The molecule has 0 amide bonds. The van der Waals surface area contributed by atoms with Gasteiger partial charge in [0, 0.05) is 5.92 Å². The third-order valence-electron chi connectivity index (χ3n) is 3.11. The van der Waals surface area contributed by atoms with E-state index in [2.05, 4.69) is 38.2 Å². The van der Waals surface area contributed by atoms with E-state index in [9.17, 15) is 0 Å². The van der Waals surface area contributed by atoms with E-state index in [4.69, 9.17) is 0 Å². The van der Waals surface area contributed by atoms with Gasteiger partial charge in [-0.15, -0.1) is 0 Å². The monoisotopic (exact) mass is 174 g/mol. The summed E-state index contributed by atoms with van der Waals surface area (Å²) in [5.74, 6) is 1.47. The number of rotatable bonds is 1. The molecular weight excluding hydrogens is 156 g/mol. The van der Waals surface area contributed by atoms with E-state index in [1.54, 1.807) is 11.1 Å². The van der Waals surface area contributed by atoms with E-state index in [1.807, 2.05) is 0 Å². The lowest BCUT2D eigenvalue weighted by Gasteiger charge is -2.28. The van der Waals surface area contributed by atoms with Crippen molar-refractivity contribution in [1.29, 1.82) is 0 Å². The summed E-state index contributed by atoms with van der Waals surface area (Å²) >= 11 is 0. The van der Waals surface area contributed by atoms with Crippen molar-refractivity contribution in [1.82, 2.24) is 0 Å². The van der Waals surface area contributed by atoms with Crippen molar-refractivity contribution in [2.75, 3.05) is 0 Å². The van der Waals surface area contributed by atoms with Crippen LogP contribution < -0.4 is 0 Å². The van der Waals surface area contributed by atoms with Gasteiger partial charge in [-0.3, -0.25) is 0 Å². The van der Waals surface area contributed by atoms with E-state index >= 15 is 0 Å². The van der Waals surface area contributed by atoms with Crippen LogP contribution in [0.2, 0.25) is 0 Å². The Labute approximate surface area is 81.0 Å². The van der Waals surface area contributed by atoms with Gasteiger partial charge in [-0.2, -0.15) is 0 Å². The van der Waals surface area contributed by atoms with Gasteiger partial charge < -0.3 is 0 Å². The lowest BCUT2D eigenvalue weighted by atomic mass is 9.77. The van der Waals surface area contributed by atoms with Crippen LogP contribution in [-0.2, 0) is 0 Å². The molecule has 0 fully saturated rings. The van der Waals surface area contributed by atoms with Gasteiger partial charge in [0.05, 0.1) is 0 Å². The highest BCUT2D eigenvalue weighted by Crippen LogP contribution is 2.36. The molecule has 13 heavy (non-hydrogen) atoms. The molecule has 0 aromatic carbocycles. The van der Waals surface area contributed by atoms with Crippen molar-refractivity contribution in [3.05, 3.63) is 35.5 Å². The molecule has 0 aliphatic heterocycles. The molecule has 0 heteroatoms. The lowest BCUT2D eigenvalue weighted by molar-refractivity contribution is 0.500. The molecule has 0 saturated heterocycles. The topological polar surface area (TPSA) is 0 Å². The molecule has 2 aliphatic rings. The summed E-state index contributed by atoms with van der Waals surface area (Å²) in [6.07, 6.45) is 13.1. The fourth-order valence-corrected chi connectivity index (χ4v) is 2.39. The first-order chi connectivity index (χ1) is 6.29. The van der Waals surface area contributed by atoms with Crippen molar-refractivity contribution < 1.29 is 0 Å². The Morgan fingerprint density at radius 1 is 1.31 bits per heavy atom. The smallest absolute Gasteiger partial charge is 0.000592 e. The Morgan fingerprint density at radius 2 is 2.15 bits per heavy atom. The van der Waals surface area contributed by atoms with Gasteiger partial charge in [0.1, 0.15) is 0 Å². The molecule has 0 aromatic heterocycles. The van der Waals surface area contributed by atoms with Gasteiger partial charge in [-0.1, -0.05) is 43.7 Å². The molecule has 0 bridgehead atoms. The van der Waals surface area contributed by atoms with Crippen LogP contribution in [0.5, 0.6) is 0 Å². The highest BCUT2D eigenvalue weighted by atomic mass is 14.3. The van der Waals surface area contributed by atoms with E-state index in [1.165, 1.54) is 12.8 Å². The van der Waals surface area contributed by atoms with Crippen molar-refractivity contribution in [2.24, 2.45) is 11.8 Å². The molecule has 0 saturated carbocycles. The van der Waals surface area contributed by atoms with Crippen LogP contribution in [0.1, 0.15) is 33.1 Å². The Morgan fingerprint density at radius 3 is 2.92 bits per heavy atom. The maximum atomic E-state index is 2.41. The summed E-state index contributed by atoms with van der Waals surface area (Å²) in [4.78, 5) is 0. The number of allylic oxidation sites excluding steroid dienone is 6. The molecule has 0 aromatic rings. The van der Waals surface area contributed by atoms with Gasteiger partial charge in [-0.25, -0.2) is 0 Å². The zero-order valence-electron chi connectivity index (χ0n) is 8.59. The van der Waals surface area contributed by atoms with E-state index in [0.717, 1.165) is 12.3 Å². The Kier molecular flexibility index (Phi) is 2.39. The summed E-state index contributed by atoms with van der Waals surface area (Å²) in [6.45, 7) is 4.65. The van der Waals surface area contributed by atoms with Crippen molar-refractivity contribution in [3.63, 3.8) is 0 Å². The van der Waals surface area contributed by atoms with Crippen LogP contribution >= 0.6 is 0 Å². The SMILES string of the molecule is CC(C)C1C=CCC2=C1CCC=C2. The Bertz CT molecular complexity index is 276. The van der Waals surface area contributed by atoms with Gasteiger partial charge in [0.25, 0.3) is 0 Å². The maximum Gasteiger partial charge on any atom is 0.000592 e. The molecular formula is C13H18. The quantitative estimate of drug-likeness (QED) is 0.529. The van der Waals surface area contributed by atoms with E-state index < -0.39 is 0 Å². The normalized spacial score (nSPS) is 26.8. The van der Waals surface area contributed by atoms with E-state index in [0.29, 0.717) is 5.92 Å². The molecule has 2 aliphatic carbocycles. The van der Waals surface area contributed by atoms with Gasteiger partial charge >= 0.3 is 0 Å². The minimum Gasteiger partial charge on any atom is -0.0839 e. The van der Waals surface area contributed by atoms with Crippen LogP contribution in [0.15, 0.2) is 35.5 Å². The molecule has 0 N–H and O–H groups in total. The second-order valence-corrected chi connectivity index (χ2v) is 4.39. The summed E-state index contributed by atoms with van der Waals surface area (Å²) in [5.41, 5.74) is 3.30. The zero-order valence-corrected chi connectivity index (χ0v) is 8.59. The van der Waals surface area contributed by atoms with Crippen molar-refractivity contribution in [2.45, 2.75) is 33.1 Å². The molecule has 2 rings (SSSR count). The van der Waals surface area contributed by atoms with Gasteiger partial charge in [-0.05, 0) is 30.8 Å². The number of hydrogen-bond acceptors (Lipinski definition) is 0. The predicted octanol–water partition coefficient (Wildman–Crippen LogP) is 3.87. The van der Waals surface area contributed by atoms with Crippen LogP contribution in [0.3, 0.4) is 0 Å². The molecule has 0 nitrogen and oxygen atoms in total. The van der Waals surface area contributed by atoms with Crippen molar-refractivity contribution >= 4 is 0 Å². The molecule has 70 valence electrons. The largest absolute Gasteiger partial charge is 0.0839 e. The first kappa shape index (κ1) is 8.80. The first-order valence-electron chi connectivity index (χ1n) is 5.34. The van der Waals surface area contributed by atoms with Crippen LogP contribution in [0.25, 0.3) is 0 Å². The fraction of sp³-hybridized carbons (Fsp3) is 0.538. The van der Waals surface area contributed by atoms with Crippen LogP contribution in [0.4, 0.5) is 0 Å². The Hall–Kier alpha value is -0.780.